The molecule has 6 heteroatoms. The quantitative estimate of drug-likeness (QED) is 0.316. The predicted octanol–water partition coefficient (Wildman–Crippen LogP) is 4.15. The minimum absolute atomic E-state index is 0.131. The summed E-state index contributed by atoms with van der Waals surface area (Å²) in [6, 6.07) is 0. The second-order valence-electron chi connectivity index (χ2n) is 9.70. The largest absolute Gasteiger partial charge is 0.468 e. The number of rotatable bonds is 9. The van der Waals surface area contributed by atoms with Gasteiger partial charge in [0.05, 0.1) is 7.11 Å². The standard InChI is InChI=1S/C24H38O6/c1-9-15-17(22(29-8)30-21(15)28-7)18(20(26)27-6)19(25)16(10-2)24(5)13-11-12-23(3,4)14-24/h9-10,15-18,21-22H,1-2,11-14H2,3-8H3/t15-,16-,17-,18?,21-,22+,24+/m1/s1. The van der Waals surface area contributed by atoms with Crippen molar-refractivity contribution < 1.29 is 28.5 Å². The van der Waals surface area contributed by atoms with Crippen LogP contribution in [-0.4, -0.2) is 45.7 Å². The minimum atomic E-state index is -1.06. The first-order valence-corrected chi connectivity index (χ1v) is 10.7. The zero-order valence-corrected chi connectivity index (χ0v) is 19.3. The fourth-order valence-electron chi connectivity index (χ4n) is 5.78. The molecule has 2 fully saturated rings. The highest BCUT2D eigenvalue weighted by Gasteiger charge is 2.55. The third-order valence-electron chi connectivity index (χ3n) is 7.00. The molecule has 30 heavy (non-hydrogen) atoms. The molecule has 1 saturated heterocycles. The molecule has 0 radical (unpaired) electrons. The maximum Gasteiger partial charge on any atom is 0.316 e. The van der Waals surface area contributed by atoms with Gasteiger partial charge in [-0.1, -0.05) is 39.3 Å². The van der Waals surface area contributed by atoms with E-state index < -0.39 is 42.2 Å². The van der Waals surface area contributed by atoms with E-state index in [1.165, 1.54) is 21.3 Å². The van der Waals surface area contributed by atoms with Crippen LogP contribution in [0.4, 0.5) is 0 Å². The molecule has 0 bridgehead atoms. The van der Waals surface area contributed by atoms with Crippen LogP contribution in [0.5, 0.6) is 0 Å². The van der Waals surface area contributed by atoms with Crippen LogP contribution in [-0.2, 0) is 28.5 Å². The molecule has 0 aromatic heterocycles. The lowest BCUT2D eigenvalue weighted by atomic mass is 9.57. The van der Waals surface area contributed by atoms with E-state index in [0.29, 0.717) is 0 Å². The molecule has 0 aromatic rings. The Balaban J connectivity index is 2.47. The van der Waals surface area contributed by atoms with E-state index in [0.717, 1.165) is 25.7 Å². The highest BCUT2D eigenvalue weighted by molar-refractivity contribution is 6.01. The number of methoxy groups -OCH3 is 3. The summed E-state index contributed by atoms with van der Waals surface area (Å²) in [5.41, 5.74) is -0.148. The summed E-state index contributed by atoms with van der Waals surface area (Å²) >= 11 is 0. The van der Waals surface area contributed by atoms with Crippen molar-refractivity contribution in [3.8, 4) is 0 Å². The Morgan fingerprint density at radius 3 is 2.17 bits per heavy atom. The van der Waals surface area contributed by atoms with Gasteiger partial charge in [-0.2, -0.15) is 0 Å². The first-order valence-electron chi connectivity index (χ1n) is 10.7. The van der Waals surface area contributed by atoms with E-state index in [1.807, 2.05) is 0 Å². The predicted molar refractivity (Wildman–Crippen MR) is 114 cm³/mol. The minimum Gasteiger partial charge on any atom is -0.468 e. The number of hydrogen-bond donors (Lipinski definition) is 0. The molecule has 2 rings (SSSR count). The molecule has 0 N–H and O–H groups in total. The lowest BCUT2D eigenvalue weighted by molar-refractivity contribution is -0.200. The van der Waals surface area contributed by atoms with Crippen LogP contribution in [0.15, 0.2) is 25.3 Å². The van der Waals surface area contributed by atoms with Gasteiger partial charge in [0.2, 0.25) is 0 Å². The van der Waals surface area contributed by atoms with Crippen molar-refractivity contribution in [3.05, 3.63) is 25.3 Å². The van der Waals surface area contributed by atoms with Crippen LogP contribution in [0, 0.1) is 34.5 Å². The second-order valence-corrected chi connectivity index (χ2v) is 9.70. The molecule has 2 aliphatic rings. The maximum absolute atomic E-state index is 13.9. The molecule has 170 valence electrons. The molecule has 1 heterocycles. The first-order chi connectivity index (χ1) is 14.1. The van der Waals surface area contributed by atoms with Gasteiger partial charge in [-0.3, -0.25) is 9.59 Å². The number of allylic oxidation sites excluding steroid dienone is 1. The van der Waals surface area contributed by atoms with E-state index in [1.54, 1.807) is 12.2 Å². The van der Waals surface area contributed by atoms with Gasteiger partial charge in [0.15, 0.2) is 18.4 Å². The Morgan fingerprint density at radius 1 is 1.07 bits per heavy atom. The molecule has 6 nitrogen and oxygen atoms in total. The van der Waals surface area contributed by atoms with Crippen molar-refractivity contribution in [2.75, 3.05) is 21.3 Å². The van der Waals surface area contributed by atoms with Gasteiger partial charge in [-0.25, -0.2) is 0 Å². The summed E-state index contributed by atoms with van der Waals surface area (Å²) in [5, 5.41) is 0. The van der Waals surface area contributed by atoms with Gasteiger partial charge < -0.3 is 18.9 Å². The monoisotopic (exact) mass is 422 g/mol. The smallest absolute Gasteiger partial charge is 0.316 e. The van der Waals surface area contributed by atoms with E-state index in [2.05, 4.69) is 33.9 Å². The van der Waals surface area contributed by atoms with Gasteiger partial charge in [0.25, 0.3) is 0 Å². The average molecular weight is 423 g/mol. The van der Waals surface area contributed by atoms with E-state index in [4.69, 9.17) is 18.9 Å². The first kappa shape index (κ1) is 24.8. The summed E-state index contributed by atoms with van der Waals surface area (Å²) in [7, 11) is 4.30. The van der Waals surface area contributed by atoms with E-state index >= 15 is 0 Å². The average Bonchev–Trinajstić information content (AvgIpc) is 3.04. The molecule has 1 unspecified atom stereocenters. The summed E-state index contributed by atoms with van der Waals surface area (Å²) in [5.74, 6) is -3.33. The van der Waals surface area contributed by atoms with Crippen LogP contribution < -0.4 is 0 Å². The molecule has 1 aliphatic heterocycles. The number of Topliss-reactive ketones (excluding diaryl/α,β-unsaturated/α-hetero) is 1. The Labute approximate surface area is 181 Å². The van der Waals surface area contributed by atoms with Crippen molar-refractivity contribution in [2.24, 2.45) is 34.5 Å². The third-order valence-corrected chi connectivity index (χ3v) is 7.00. The summed E-state index contributed by atoms with van der Waals surface area (Å²) in [6.07, 6.45) is 5.89. The van der Waals surface area contributed by atoms with Crippen molar-refractivity contribution in [1.29, 1.82) is 0 Å². The summed E-state index contributed by atoms with van der Waals surface area (Å²) in [4.78, 5) is 26.9. The number of carbonyl (C=O) groups excluding carboxylic acids is 2. The zero-order chi connectivity index (χ0) is 22.7. The molecule has 1 aliphatic carbocycles. The van der Waals surface area contributed by atoms with E-state index in [-0.39, 0.29) is 16.6 Å². The highest BCUT2D eigenvalue weighted by atomic mass is 16.8. The number of carbonyl (C=O) groups is 2. The Hall–Kier alpha value is -1.50. The Kier molecular flexibility index (Phi) is 8.05. The topological polar surface area (TPSA) is 71.1 Å². The fourth-order valence-corrected chi connectivity index (χ4v) is 5.78. The van der Waals surface area contributed by atoms with Crippen molar-refractivity contribution in [2.45, 2.75) is 59.0 Å². The number of ether oxygens (including phenoxy) is 4. The van der Waals surface area contributed by atoms with Gasteiger partial charge in [0, 0.05) is 32.0 Å². The third kappa shape index (κ3) is 4.71. The Bertz CT molecular complexity index is 656. The lowest BCUT2D eigenvalue weighted by Crippen LogP contribution is -2.47. The molecular weight excluding hydrogens is 384 g/mol. The van der Waals surface area contributed by atoms with Gasteiger partial charge in [0.1, 0.15) is 5.92 Å². The van der Waals surface area contributed by atoms with Crippen molar-refractivity contribution in [3.63, 3.8) is 0 Å². The second kappa shape index (κ2) is 9.75. The summed E-state index contributed by atoms with van der Waals surface area (Å²) in [6.45, 7) is 14.4. The molecule has 1 saturated carbocycles. The molecule has 0 aromatic carbocycles. The van der Waals surface area contributed by atoms with Gasteiger partial charge in [-0.05, 0) is 30.1 Å². The molecule has 0 amide bonds. The van der Waals surface area contributed by atoms with E-state index in [9.17, 15) is 9.59 Å². The van der Waals surface area contributed by atoms with Crippen molar-refractivity contribution >= 4 is 11.8 Å². The summed E-state index contributed by atoms with van der Waals surface area (Å²) < 4.78 is 21.8. The lowest BCUT2D eigenvalue weighted by Gasteiger charge is -2.47. The van der Waals surface area contributed by atoms with Crippen LogP contribution in [0.3, 0.4) is 0 Å². The number of esters is 1. The molecule has 0 spiro atoms. The molecular formula is C24H38O6. The zero-order valence-electron chi connectivity index (χ0n) is 19.3. The van der Waals surface area contributed by atoms with Crippen LogP contribution in [0.2, 0.25) is 0 Å². The SMILES string of the molecule is C=C[C@H]1[C@H](OC)O[C@H](OC)[C@H]1C(C(=O)OC)C(=O)[C@@H](C=C)[C@@]1(C)CCCC(C)(C)C1. The van der Waals surface area contributed by atoms with Crippen LogP contribution >= 0.6 is 0 Å². The van der Waals surface area contributed by atoms with Crippen LogP contribution in [0.25, 0.3) is 0 Å². The fraction of sp³-hybridized carbons (Fsp3) is 0.750. The van der Waals surface area contributed by atoms with Crippen molar-refractivity contribution in [1.82, 2.24) is 0 Å². The number of ketones is 1. The number of hydrogen-bond acceptors (Lipinski definition) is 6. The maximum atomic E-state index is 13.9. The Morgan fingerprint density at radius 2 is 1.70 bits per heavy atom. The van der Waals surface area contributed by atoms with Gasteiger partial charge in [-0.15, -0.1) is 13.2 Å². The van der Waals surface area contributed by atoms with Crippen LogP contribution in [0.1, 0.15) is 46.5 Å². The molecule has 7 atom stereocenters. The van der Waals surface area contributed by atoms with Gasteiger partial charge >= 0.3 is 5.97 Å². The normalized spacial score (nSPS) is 35.3. The highest BCUT2D eigenvalue weighted by Crippen LogP contribution is 2.52.